The first-order chi connectivity index (χ1) is 15.3. The average molecular weight is 531 g/mol. The van der Waals surface area contributed by atoms with Crippen molar-refractivity contribution >= 4 is 59.0 Å². The van der Waals surface area contributed by atoms with E-state index in [2.05, 4.69) is 5.32 Å². The normalized spacial score (nSPS) is 22.5. The number of likely N-dealkylation sites (tertiary alicyclic amines) is 1. The summed E-state index contributed by atoms with van der Waals surface area (Å²) in [6.07, 6.45) is 2.56. The SMILES string of the molecule is CN(C(=O)c1ccc(Cl)cc1)[C@@H]1CCN(C(=O)[C@H]2CCCN2)C[C@H]1c1ccc(Cl)c(Cl)c1.Cl. The summed E-state index contributed by atoms with van der Waals surface area (Å²) in [5.74, 6) is -0.0169. The Labute approximate surface area is 215 Å². The van der Waals surface area contributed by atoms with Gasteiger partial charge in [-0.15, -0.1) is 12.4 Å². The van der Waals surface area contributed by atoms with Crippen molar-refractivity contribution in [3.8, 4) is 0 Å². The number of nitrogens with zero attached hydrogens (tertiary/aromatic N) is 2. The van der Waals surface area contributed by atoms with Crippen LogP contribution in [0.2, 0.25) is 15.1 Å². The van der Waals surface area contributed by atoms with Gasteiger partial charge in [0.25, 0.3) is 5.91 Å². The van der Waals surface area contributed by atoms with Gasteiger partial charge in [-0.25, -0.2) is 0 Å². The maximum Gasteiger partial charge on any atom is 0.253 e. The number of carbonyl (C=O) groups excluding carboxylic acids is 2. The number of halogens is 4. The molecule has 5 nitrogen and oxygen atoms in total. The lowest BCUT2D eigenvalue weighted by Gasteiger charge is -2.43. The summed E-state index contributed by atoms with van der Waals surface area (Å²) in [4.78, 5) is 30.0. The molecule has 0 aliphatic carbocycles. The minimum atomic E-state index is -0.116. The van der Waals surface area contributed by atoms with E-state index in [1.165, 1.54) is 0 Å². The van der Waals surface area contributed by atoms with Gasteiger partial charge in [-0.2, -0.15) is 0 Å². The summed E-state index contributed by atoms with van der Waals surface area (Å²) in [7, 11) is 1.82. The highest BCUT2D eigenvalue weighted by atomic mass is 35.5. The van der Waals surface area contributed by atoms with Gasteiger partial charge in [0.15, 0.2) is 0 Å². The fraction of sp³-hybridized carbons (Fsp3) is 0.417. The molecule has 3 atom stereocenters. The number of hydrogen-bond acceptors (Lipinski definition) is 3. The van der Waals surface area contributed by atoms with E-state index in [1.807, 2.05) is 24.1 Å². The van der Waals surface area contributed by atoms with Crippen LogP contribution in [0.4, 0.5) is 0 Å². The number of likely N-dealkylation sites (N-methyl/N-ethyl adjacent to an activating group) is 1. The molecule has 33 heavy (non-hydrogen) atoms. The summed E-state index contributed by atoms with van der Waals surface area (Å²) in [5, 5.41) is 4.84. The third-order valence-electron chi connectivity index (χ3n) is 6.53. The lowest BCUT2D eigenvalue weighted by Crippen LogP contribution is -2.54. The summed E-state index contributed by atoms with van der Waals surface area (Å²) in [6, 6.07) is 12.3. The number of amides is 2. The molecular weight excluding hydrogens is 504 g/mol. The molecule has 9 heteroatoms. The van der Waals surface area contributed by atoms with Crippen molar-refractivity contribution < 1.29 is 9.59 Å². The number of carbonyl (C=O) groups is 2. The predicted molar refractivity (Wildman–Crippen MR) is 136 cm³/mol. The van der Waals surface area contributed by atoms with Crippen LogP contribution in [-0.4, -0.2) is 60.4 Å². The van der Waals surface area contributed by atoms with Crippen LogP contribution in [0.15, 0.2) is 42.5 Å². The van der Waals surface area contributed by atoms with Crippen molar-refractivity contribution in [3.63, 3.8) is 0 Å². The Hall–Kier alpha value is -1.50. The molecule has 2 aliphatic heterocycles. The van der Waals surface area contributed by atoms with Crippen LogP contribution in [-0.2, 0) is 4.79 Å². The Morgan fingerprint density at radius 1 is 1.03 bits per heavy atom. The first-order valence-corrected chi connectivity index (χ1v) is 12.0. The van der Waals surface area contributed by atoms with Crippen LogP contribution in [0.5, 0.6) is 0 Å². The van der Waals surface area contributed by atoms with Crippen LogP contribution in [0.1, 0.15) is 41.1 Å². The van der Waals surface area contributed by atoms with E-state index in [0.717, 1.165) is 24.9 Å². The number of nitrogens with one attached hydrogen (secondary N) is 1. The molecular formula is C24H27Cl4N3O2. The van der Waals surface area contributed by atoms with Crippen LogP contribution in [0.3, 0.4) is 0 Å². The highest BCUT2D eigenvalue weighted by Gasteiger charge is 2.38. The standard InChI is InChI=1S/C24H26Cl3N3O2.ClH/c1-29(23(31)15-4-7-17(25)8-5-15)22-10-12-30(24(32)21-3-2-11-28-21)14-18(22)16-6-9-19(26)20(27)13-16;/h4-9,13,18,21-22,28H,2-3,10-12,14H2,1H3;1H/t18-,21+,22+;/m0./s1. The Morgan fingerprint density at radius 3 is 2.39 bits per heavy atom. The minimum absolute atomic E-state index is 0. The van der Waals surface area contributed by atoms with Crippen LogP contribution < -0.4 is 5.32 Å². The smallest absolute Gasteiger partial charge is 0.253 e. The second-order valence-corrected chi connectivity index (χ2v) is 9.74. The fourth-order valence-electron chi connectivity index (χ4n) is 4.74. The molecule has 2 aliphatic rings. The molecule has 0 saturated carbocycles. The number of piperidine rings is 1. The second-order valence-electron chi connectivity index (χ2n) is 8.49. The van der Waals surface area contributed by atoms with E-state index < -0.39 is 0 Å². The molecule has 2 amide bonds. The van der Waals surface area contributed by atoms with Crippen molar-refractivity contribution in [2.24, 2.45) is 0 Å². The molecule has 2 aromatic carbocycles. The number of rotatable bonds is 4. The van der Waals surface area contributed by atoms with Crippen molar-refractivity contribution in [3.05, 3.63) is 68.7 Å². The van der Waals surface area contributed by atoms with Gasteiger partial charge < -0.3 is 15.1 Å². The topological polar surface area (TPSA) is 52.7 Å². The maximum atomic E-state index is 13.2. The fourth-order valence-corrected chi connectivity index (χ4v) is 5.17. The molecule has 2 heterocycles. The minimum Gasteiger partial charge on any atom is -0.341 e. The summed E-state index contributed by atoms with van der Waals surface area (Å²) < 4.78 is 0. The molecule has 0 aromatic heterocycles. The Kier molecular flexibility index (Phi) is 8.93. The zero-order valence-corrected chi connectivity index (χ0v) is 21.4. The summed E-state index contributed by atoms with van der Waals surface area (Å²) >= 11 is 18.5. The Balaban J connectivity index is 0.00000306. The van der Waals surface area contributed by atoms with E-state index >= 15 is 0 Å². The molecule has 0 bridgehead atoms. The maximum absolute atomic E-state index is 13.2. The largest absolute Gasteiger partial charge is 0.341 e. The van der Waals surface area contributed by atoms with E-state index in [1.54, 1.807) is 35.2 Å². The van der Waals surface area contributed by atoms with Crippen LogP contribution in [0.25, 0.3) is 0 Å². The molecule has 0 spiro atoms. The quantitative estimate of drug-likeness (QED) is 0.585. The average Bonchev–Trinajstić information content (AvgIpc) is 3.34. The van der Waals surface area contributed by atoms with Gasteiger partial charge in [0.1, 0.15) is 0 Å². The van der Waals surface area contributed by atoms with Gasteiger partial charge in [0, 0.05) is 42.7 Å². The molecule has 2 fully saturated rings. The van der Waals surface area contributed by atoms with Gasteiger partial charge in [0.05, 0.1) is 16.1 Å². The van der Waals surface area contributed by atoms with Crippen LogP contribution >= 0.6 is 47.2 Å². The number of hydrogen-bond donors (Lipinski definition) is 1. The number of benzene rings is 2. The first kappa shape index (κ1) is 26.1. The summed E-state index contributed by atoms with van der Waals surface area (Å²) in [5.41, 5.74) is 1.55. The molecule has 1 N–H and O–H groups in total. The molecule has 0 unspecified atom stereocenters. The van der Waals surface area contributed by atoms with E-state index in [4.69, 9.17) is 34.8 Å². The third kappa shape index (κ3) is 5.77. The molecule has 2 aromatic rings. The monoisotopic (exact) mass is 529 g/mol. The van der Waals surface area contributed by atoms with Gasteiger partial charge in [-0.05, 0) is 67.8 Å². The molecule has 0 radical (unpaired) electrons. The van der Waals surface area contributed by atoms with Crippen LogP contribution in [0, 0.1) is 0 Å². The van der Waals surface area contributed by atoms with Gasteiger partial charge in [0.2, 0.25) is 5.91 Å². The van der Waals surface area contributed by atoms with Gasteiger partial charge in [-0.1, -0.05) is 40.9 Å². The van der Waals surface area contributed by atoms with E-state index in [-0.39, 0.29) is 42.2 Å². The second kappa shape index (κ2) is 11.3. The summed E-state index contributed by atoms with van der Waals surface area (Å²) in [6.45, 7) is 2.01. The van der Waals surface area contributed by atoms with Crippen molar-refractivity contribution in [1.82, 2.24) is 15.1 Å². The van der Waals surface area contributed by atoms with Crippen molar-refractivity contribution in [2.75, 3.05) is 26.7 Å². The molecule has 2 saturated heterocycles. The third-order valence-corrected chi connectivity index (χ3v) is 7.52. The zero-order chi connectivity index (χ0) is 22.8. The van der Waals surface area contributed by atoms with Gasteiger partial charge >= 0.3 is 0 Å². The molecule has 4 rings (SSSR count). The Bertz CT molecular complexity index is 996. The molecule has 178 valence electrons. The highest BCUT2D eigenvalue weighted by Crippen LogP contribution is 2.35. The van der Waals surface area contributed by atoms with Crippen molar-refractivity contribution in [1.29, 1.82) is 0 Å². The van der Waals surface area contributed by atoms with E-state index in [0.29, 0.717) is 40.1 Å². The van der Waals surface area contributed by atoms with Gasteiger partial charge in [-0.3, -0.25) is 9.59 Å². The predicted octanol–water partition coefficient (Wildman–Crippen LogP) is 5.28. The highest BCUT2D eigenvalue weighted by molar-refractivity contribution is 6.42. The Morgan fingerprint density at radius 2 is 1.76 bits per heavy atom. The van der Waals surface area contributed by atoms with Crippen molar-refractivity contribution in [2.45, 2.75) is 37.3 Å². The van der Waals surface area contributed by atoms with E-state index in [9.17, 15) is 9.59 Å². The lowest BCUT2D eigenvalue weighted by molar-refractivity contribution is -0.134. The first-order valence-electron chi connectivity index (χ1n) is 10.8. The zero-order valence-electron chi connectivity index (χ0n) is 18.3. The lowest BCUT2D eigenvalue weighted by atomic mass is 9.84.